The Kier molecular flexibility index (Phi) is 2.29. The quantitative estimate of drug-likeness (QED) is 0.746. The maximum absolute atomic E-state index is 8.82. The predicted octanol–water partition coefficient (Wildman–Crippen LogP) is 0.175. The fourth-order valence-electron chi connectivity index (χ4n) is 1.23. The largest absolute Gasteiger partial charge is 0.367 e. The Morgan fingerprint density at radius 3 is 3.00 bits per heavy atom. The summed E-state index contributed by atoms with van der Waals surface area (Å²) in [7, 11) is 0. The standard InChI is InChI=1S/C9H8N6/c10-4-8-7(2-1-3-12-8)5-15-6-13-9(11)14-15/h1-3,6H,5H2,(H2,11,14). The molecular formula is C9H8N6. The van der Waals surface area contributed by atoms with Gasteiger partial charge in [-0.1, -0.05) is 6.07 Å². The van der Waals surface area contributed by atoms with E-state index in [1.165, 1.54) is 6.33 Å². The first kappa shape index (κ1) is 9.15. The molecule has 0 spiro atoms. The summed E-state index contributed by atoms with van der Waals surface area (Å²) in [5.41, 5.74) is 6.57. The molecule has 0 aliphatic heterocycles. The molecule has 0 amide bonds. The summed E-state index contributed by atoms with van der Waals surface area (Å²) in [5.74, 6) is 0.220. The smallest absolute Gasteiger partial charge is 0.239 e. The van der Waals surface area contributed by atoms with E-state index < -0.39 is 0 Å². The van der Waals surface area contributed by atoms with Crippen LogP contribution in [0.4, 0.5) is 5.95 Å². The summed E-state index contributed by atoms with van der Waals surface area (Å²) in [6, 6.07) is 5.62. The van der Waals surface area contributed by atoms with Gasteiger partial charge in [-0.15, -0.1) is 5.10 Å². The van der Waals surface area contributed by atoms with E-state index in [1.54, 1.807) is 16.9 Å². The Bertz CT molecular complexity index is 509. The summed E-state index contributed by atoms with van der Waals surface area (Å²) in [6.07, 6.45) is 3.10. The van der Waals surface area contributed by atoms with E-state index in [0.29, 0.717) is 12.2 Å². The molecule has 2 heterocycles. The molecule has 6 heteroatoms. The number of hydrogen-bond acceptors (Lipinski definition) is 5. The average Bonchev–Trinajstić information content (AvgIpc) is 2.65. The van der Waals surface area contributed by atoms with E-state index in [0.717, 1.165) is 5.56 Å². The summed E-state index contributed by atoms with van der Waals surface area (Å²) in [4.78, 5) is 7.74. The molecule has 2 rings (SSSR count). The van der Waals surface area contributed by atoms with E-state index in [9.17, 15) is 0 Å². The van der Waals surface area contributed by atoms with Gasteiger partial charge < -0.3 is 5.73 Å². The first-order chi connectivity index (χ1) is 7.29. The van der Waals surface area contributed by atoms with Gasteiger partial charge in [0.15, 0.2) is 0 Å². The molecular weight excluding hydrogens is 192 g/mol. The van der Waals surface area contributed by atoms with Gasteiger partial charge in [-0.05, 0) is 6.07 Å². The predicted molar refractivity (Wildman–Crippen MR) is 52.5 cm³/mol. The Morgan fingerprint density at radius 1 is 1.47 bits per heavy atom. The summed E-state index contributed by atoms with van der Waals surface area (Å²) in [6.45, 7) is 0.445. The lowest BCUT2D eigenvalue weighted by atomic mass is 10.2. The Hall–Kier alpha value is -2.42. The van der Waals surface area contributed by atoms with E-state index >= 15 is 0 Å². The molecule has 0 saturated heterocycles. The van der Waals surface area contributed by atoms with Crippen LogP contribution in [-0.4, -0.2) is 19.7 Å². The van der Waals surface area contributed by atoms with Gasteiger partial charge in [-0.2, -0.15) is 5.26 Å². The first-order valence-electron chi connectivity index (χ1n) is 4.28. The number of nitriles is 1. The van der Waals surface area contributed by atoms with Gasteiger partial charge in [0.25, 0.3) is 0 Å². The zero-order valence-corrected chi connectivity index (χ0v) is 7.83. The minimum Gasteiger partial charge on any atom is -0.367 e. The summed E-state index contributed by atoms with van der Waals surface area (Å²) >= 11 is 0. The highest BCUT2D eigenvalue weighted by molar-refractivity contribution is 5.30. The van der Waals surface area contributed by atoms with Gasteiger partial charge in [0.05, 0.1) is 6.54 Å². The van der Waals surface area contributed by atoms with E-state index in [4.69, 9.17) is 11.0 Å². The number of nitrogens with two attached hydrogens (primary N) is 1. The number of aromatic nitrogens is 4. The van der Waals surface area contributed by atoms with Crippen LogP contribution < -0.4 is 5.73 Å². The van der Waals surface area contributed by atoms with Crippen molar-refractivity contribution in [3.8, 4) is 6.07 Å². The van der Waals surface area contributed by atoms with Crippen LogP contribution in [0.25, 0.3) is 0 Å². The second kappa shape index (κ2) is 3.75. The van der Waals surface area contributed by atoms with Crippen LogP contribution in [0.1, 0.15) is 11.3 Å². The van der Waals surface area contributed by atoms with Crippen molar-refractivity contribution in [2.45, 2.75) is 6.54 Å². The average molecular weight is 200 g/mol. The number of rotatable bonds is 2. The van der Waals surface area contributed by atoms with Crippen LogP contribution in [-0.2, 0) is 6.54 Å². The van der Waals surface area contributed by atoms with Gasteiger partial charge >= 0.3 is 0 Å². The lowest BCUT2D eigenvalue weighted by molar-refractivity contribution is 0.684. The van der Waals surface area contributed by atoms with Crippen molar-refractivity contribution in [3.05, 3.63) is 35.9 Å². The van der Waals surface area contributed by atoms with Gasteiger partial charge in [-0.25, -0.2) is 14.6 Å². The van der Waals surface area contributed by atoms with Crippen molar-refractivity contribution in [3.63, 3.8) is 0 Å². The maximum atomic E-state index is 8.82. The third kappa shape index (κ3) is 1.91. The molecule has 2 aromatic rings. The molecule has 0 fully saturated rings. The van der Waals surface area contributed by atoms with Crippen molar-refractivity contribution < 1.29 is 0 Å². The van der Waals surface area contributed by atoms with Gasteiger partial charge in [0, 0.05) is 11.8 Å². The zero-order valence-electron chi connectivity index (χ0n) is 7.83. The van der Waals surface area contributed by atoms with Crippen LogP contribution in [0.15, 0.2) is 24.7 Å². The number of pyridine rings is 1. The molecule has 2 aromatic heterocycles. The number of nitrogens with zero attached hydrogens (tertiary/aromatic N) is 5. The van der Waals surface area contributed by atoms with Crippen LogP contribution in [0.5, 0.6) is 0 Å². The van der Waals surface area contributed by atoms with Crippen LogP contribution in [0.2, 0.25) is 0 Å². The summed E-state index contributed by atoms with van der Waals surface area (Å²) < 4.78 is 1.56. The second-order valence-corrected chi connectivity index (χ2v) is 2.92. The van der Waals surface area contributed by atoms with Crippen molar-refractivity contribution >= 4 is 5.95 Å². The maximum Gasteiger partial charge on any atom is 0.239 e. The van der Waals surface area contributed by atoms with Crippen molar-refractivity contribution in [1.82, 2.24) is 19.7 Å². The lowest BCUT2D eigenvalue weighted by Gasteiger charge is -2.01. The molecule has 0 radical (unpaired) electrons. The molecule has 74 valence electrons. The number of nitrogen functional groups attached to an aromatic ring is 1. The molecule has 0 aromatic carbocycles. The Morgan fingerprint density at radius 2 is 2.33 bits per heavy atom. The van der Waals surface area contributed by atoms with Crippen molar-refractivity contribution in [2.75, 3.05) is 5.73 Å². The third-order valence-corrected chi connectivity index (χ3v) is 1.88. The number of hydrogen-bond donors (Lipinski definition) is 1. The monoisotopic (exact) mass is 200 g/mol. The Labute approximate surface area is 86.0 Å². The highest BCUT2D eigenvalue weighted by Gasteiger charge is 2.04. The third-order valence-electron chi connectivity index (χ3n) is 1.88. The zero-order chi connectivity index (χ0) is 10.7. The van der Waals surface area contributed by atoms with Gasteiger partial charge in [0.2, 0.25) is 5.95 Å². The Balaban J connectivity index is 2.28. The number of anilines is 1. The normalized spacial score (nSPS) is 9.80. The first-order valence-corrected chi connectivity index (χ1v) is 4.28. The van der Waals surface area contributed by atoms with Crippen LogP contribution in [0.3, 0.4) is 0 Å². The molecule has 0 bridgehead atoms. The lowest BCUT2D eigenvalue weighted by Crippen LogP contribution is -2.03. The van der Waals surface area contributed by atoms with Crippen molar-refractivity contribution in [1.29, 1.82) is 5.26 Å². The molecule has 0 atom stereocenters. The highest BCUT2D eigenvalue weighted by Crippen LogP contribution is 2.05. The van der Waals surface area contributed by atoms with E-state index in [2.05, 4.69) is 15.1 Å². The molecule has 6 nitrogen and oxygen atoms in total. The second-order valence-electron chi connectivity index (χ2n) is 2.92. The molecule has 0 aliphatic carbocycles. The van der Waals surface area contributed by atoms with Gasteiger partial charge in [0.1, 0.15) is 18.1 Å². The van der Waals surface area contributed by atoms with Crippen molar-refractivity contribution in [2.24, 2.45) is 0 Å². The van der Waals surface area contributed by atoms with Crippen LogP contribution in [0, 0.1) is 11.3 Å². The minimum atomic E-state index is 0.220. The minimum absolute atomic E-state index is 0.220. The summed E-state index contributed by atoms with van der Waals surface area (Å²) in [5, 5.41) is 12.7. The fraction of sp³-hybridized carbons (Fsp3) is 0.111. The fourth-order valence-corrected chi connectivity index (χ4v) is 1.23. The SMILES string of the molecule is N#Cc1ncccc1Cn1cnc(N)n1. The van der Waals surface area contributed by atoms with Gasteiger partial charge in [-0.3, -0.25) is 0 Å². The molecule has 0 unspecified atom stereocenters. The molecule has 0 aliphatic rings. The molecule has 15 heavy (non-hydrogen) atoms. The topological polar surface area (TPSA) is 93.4 Å². The molecule has 2 N–H and O–H groups in total. The van der Waals surface area contributed by atoms with E-state index in [1.807, 2.05) is 12.1 Å². The van der Waals surface area contributed by atoms with Crippen LogP contribution >= 0.6 is 0 Å². The van der Waals surface area contributed by atoms with E-state index in [-0.39, 0.29) is 5.95 Å². The molecule has 0 saturated carbocycles. The highest BCUT2D eigenvalue weighted by atomic mass is 15.4.